The number of rotatable bonds is 4. The summed E-state index contributed by atoms with van der Waals surface area (Å²) < 4.78 is 36.7. The third-order valence-electron chi connectivity index (χ3n) is 2.97. The molecule has 2 heterocycles. The van der Waals surface area contributed by atoms with Gasteiger partial charge < -0.3 is 9.47 Å². The fourth-order valence-electron chi connectivity index (χ4n) is 1.92. The molecule has 3 rings (SSSR count). The molecule has 24 heavy (non-hydrogen) atoms. The number of amides is 1. The number of ether oxygens (including phenoxy) is 2. The van der Waals surface area contributed by atoms with Crippen LogP contribution in [0.15, 0.2) is 35.2 Å². The maximum Gasteiger partial charge on any atom is 0.266 e. The molecule has 10 heteroatoms. The van der Waals surface area contributed by atoms with E-state index in [9.17, 15) is 13.2 Å². The highest BCUT2D eigenvalue weighted by Gasteiger charge is 2.22. The largest absolute Gasteiger partial charge is 0.454 e. The van der Waals surface area contributed by atoms with Gasteiger partial charge in [0.1, 0.15) is 9.23 Å². The Bertz CT molecular complexity index is 937. The Balaban J connectivity index is 1.72. The first-order chi connectivity index (χ1) is 11.3. The van der Waals surface area contributed by atoms with E-state index in [0.29, 0.717) is 17.1 Å². The highest BCUT2D eigenvalue weighted by atomic mass is 35.5. The monoisotopic (exact) mass is 405 g/mol. The van der Waals surface area contributed by atoms with E-state index in [1.165, 1.54) is 12.1 Å². The van der Waals surface area contributed by atoms with Crippen molar-refractivity contribution < 1.29 is 22.7 Å². The molecule has 2 aromatic rings. The Morgan fingerprint density at radius 3 is 2.67 bits per heavy atom. The number of halogens is 2. The van der Waals surface area contributed by atoms with Crippen LogP contribution >= 0.6 is 34.5 Å². The van der Waals surface area contributed by atoms with E-state index in [4.69, 9.17) is 32.7 Å². The molecule has 0 atom stereocenters. The van der Waals surface area contributed by atoms with E-state index >= 15 is 0 Å². The van der Waals surface area contributed by atoms with E-state index < -0.39 is 15.9 Å². The van der Waals surface area contributed by atoms with E-state index in [1.54, 1.807) is 18.2 Å². The van der Waals surface area contributed by atoms with Crippen LogP contribution in [-0.2, 0) is 14.8 Å². The van der Waals surface area contributed by atoms with Crippen molar-refractivity contribution in [2.45, 2.75) is 4.90 Å². The fourth-order valence-corrected chi connectivity index (χ4v) is 5.01. The Morgan fingerprint density at radius 2 is 1.96 bits per heavy atom. The minimum Gasteiger partial charge on any atom is -0.454 e. The average Bonchev–Trinajstić information content (AvgIpc) is 3.10. The van der Waals surface area contributed by atoms with Crippen molar-refractivity contribution in [2.24, 2.45) is 0 Å². The minimum absolute atomic E-state index is 0.0138. The van der Waals surface area contributed by atoms with Gasteiger partial charge in [0.15, 0.2) is 11.5 Å². The molecule has 1 aliphatic rings. The highest BCUT2D eigenvalue weighted by molar-refractivity contribution is 7.90. The molecule has 6 nitrogen and oxygen atoms in total. The van der Waals surface area contributed by atoms with Gasteiger partial charge in [-0.05, 0) is 29.8 Å². The summed E-state index contributed by atoms with van der Waals surface area (Å²) in [7, 11) is -4.08. The second-order valence-electron chi connectivity index (χ2n) is 4.60. The van der Waals surface area contributed by atoms with Crippen LogP contribution in [0.1, 0.15) is 5.56 Å². The number of nitrogens with one attached hydrogen (secondary N) is 1. The normalized spacial score (nSPS) is 13.4. The molecule has 0 spiro atoms. The zero-order chi connectivity index (χ0) is 17.3. The van der Waals surface area contributed by atoms with Crippen molar-refractivity contribution in [3.05, 3.63) is 44.6 Å². The van der Waals surface area contributed by atoms with Gasteiger partial charge in [-0.25, -0.2) is 13.1 Å². The van der Waals surface area contributed by atoms with Crippen LogP contribution in [0.2, 0.25) is 8.67 Å². The maximum atomic E-state index is 12.1. The van der Waals surface area contributed by atoms with Crippen LogP contribution in [0.5, 0.6) is 11.5 Å². The minimum atomic E-state index is -4.08. The van der Waals surface area contributed by atoms with Gasteiger partial charge in [-0.1, -0.05) is 29.3 Å². The van der Waals surface area contributed by atoms with Crippen molar-refractivity contribution in [2.75, 3.05) is 6.79 Å². The lowest BCUT2D eigenvalue weighted by Crippen LogP contribution is -2.28. The SMILES string of the molecule is O=C(/C=C/c1ccc2c(c1)OCO2)NS(=O)(=O)c1cc(Cl)sc1Cl. The van der Waals surface area contributed by atoms with E-state index in [0.717, 1.165) is 17.4 Å². The van der Waals surface area contributed by atoms with Gasteiger partial charge in [0, 0.05) is 6.08 Å². The molecular weight excluding hydrogens is 397 g/mol. The fraction of sp³-hybridized carbons (Fsp3) is 0.0714. The molecule has 0 saturated carbocycles. The van der Waals surface area contributed by atoms with E-state index in [-0.39, 0.29) is 20.4 Å². The van der Waals surface area contributed by atoms with Gasteiger partial charge in [-0.2, -0.15) is 0 Å². The number of sulfonamides is 1. The molecule has 0 aliphatic carbocycles. The molecular formula is C14H9Cl2NO5S2. The summed E-state index contributed by atoms with van der Waals surface area (Å²) in [5, 5.41) is 0. The molecule has 1 amide bonds. The molecule has 0 fully saturated rings. The maximum absolute atomic E-state index is 12.1. The van der Waals surface area contributed by atoms with Gasteiger partial charge >= 0.3 is 0 Å². The standard InChI is InChI=1S/C14H9Cl2NO5S2/c15-12-6-11(14(16)23-12)24(19,20)17-13(18)4-2-8-1-3-9-10(5-8)22-7-21-9/h1-6H,7H2,(H,17,18)/b4-2+. The quantitative estimate of drug-likeness (QED) is 0.788. The molecule has 0 unspecified atom stereocenters. The predicted molar refractivity (Wildman–Crippen MR) is 91.3 cm³/mol. The van der Waals surface area contributed by atoms with Crippen LogP contribution in [0.4, 0.5) is 0 Å². The summed E-state index contributed by atoms with van der Waals surface area (Å²) in [6.07, 6.45) is 2.55. The first kappa shape index (κ1) is 17.1. The van der Waals surface area contributed by atoms with Crippen LogP contribution in [0, 0.1) is 0 Å². The van der Waals surface area contributed by atoms with Crippen LogP contribution in [0.3, 0.4) is 0 Å². The van der Waals surface area contributed by atoms with Gasteiger partial charge in [-0.3, -0.25) is 4.79 Å². The van der Waals surface area contributed by atoms with Crippen LogP contribution in [0.25, 0.3) is 6.08 Å². The first-order valence-electron chi connectivity index (χ1n) is 6.44. The number of fused-ring (bicyclic) bond motifs is 1. The summed E-state index contributed by atoms with van der Waals surface area (Å²) in [4.78, 5) is 11.6. The number of hydrogen-bond donors (Lipinski definition) is 1. The Labute approximate surface area is 151 Å². The average molecular weight is 406 g/mol. The summed E-state index contributed by atoms with van der Waals surface area (Å²) in [6.45, 7) is 0.144. The van der Waals surface area contributed by atoms with Crippen molar-refractivity contribution in [3.8, 4) is 11.5 Å². The van der Waals surface area contributed by atoms with Gasteiger partial charge in [0.2, 0.25) is 6.79 Å². The predicted octanol–water partition coefficient (Wildman–Crippen LogP) is 3.30. The molecule has 0 saturated heterocycles. The molecule has 1 aromatic heterocycles. The van der Waals surface area contributed by atoms with Crippen LogP contribution in [-0.4, -0.2) is 21.1 Å². The lowest BCUT2D eigenvalue weighted by Gasteiger charge is -2.03. The van der Waals surface area contributed by atoms with Crippen molar-refractivity contribution in [1.82, 2.24) is 4.72 Å². The van der Waals surface area contributed by atoms with E-state index in [1.807, 2.05) is 4.72 Å². The smallest absolute Gasteiger partial charge is 0.266 e. The van der Waals surface area contributed by atoms with Crippen molar-refractivity contribution in [1.29, 1.82) is 0 Å². The number of carbonyl (C=O) groups excluding carboxylic acids is 1. The Morgan fingerprint density at radius 1 is 1.21 bits per heavy atom. The van der Waals surface area contributed by atoms with Crippen molar-refractivity contribution >= 4 is 56.5 Å². The third-order valence-corrected chi connectivity index (χ3v) is 6.07. The molecule has 0 bridgehead atoms. The molecule has 1 N–H and O–H groups in total. The second-order valence-corrected chi connectivity index (χ2v) is 8.54. The van der Waals surface area contributed by atoms with Crippen LogP contribution < -0.4 is 14.2 Å². The van der Waals surface area contributed by atoms with Gasteiger partial charge in [0.25, 0.3) is 15.9 Å². The summed E-state index contributed by atoms with van der Waals surface area (Å²) in [5.74, 6) is 0.360. The third kappa shape index (κ3) is 3.67. The topological polar surface area (TPSA) is 81.7 Å². The number of thiophene rings is 1. The highest BCUT2D eigenvalue weighted by Crippen LogP contribution is 2.34. The Kier molecular flexibility index (Phi) is 4.73. The zero-order valence-electron chi connectivity index (χ0n) is 11.8. The lowest BCUT2D eigenvalue weighted by atomic mass is 10.2. The lowest BCUT2D eigenvalue weighted by molar-refractivity contribution is -0.114. The molecule has 0 radical (unpaired) electrons. The number of hydrogen-bond acceptors (Lipinski definition) is 6. The molecule has 1 aromatic carbocycles. The molecule has 1 aliphatic heterocycles. The summed E-state index contributed by atoms with van der Waals surface area (Å²) >= 11 is 12.4. The number of carbonyl (C=O) groups is 1. The summed E-state index contributed by atoms with van der Waals surface area (Å²) in [5.41, 5.74) is 0.656. The van der Waals surface area contributed by atoms with Crippen molar-refractivity contribution in [3.63, 3.8) is 0 Å². The summed E-state index contributed by atoms with van der Waals surface area (Å²) in [6, 6.07) is 6.27. The first-order valence-corrected chi connectivity index (χ1v) is 9.50. The van der Waals surface area contributed by atoms with Gasteiger partial charge in [0.05, 0.1) is 4.34 Å². The number of benzene rings is 1. The Hall–Kier alpha value is -1.74. The van der Waals surface area contributed by atoms with Gasteiger partial charge in [-0.15, -0.1) is 11.3 Å². The molecule has 126 valence electrons. The second kappa shape index (κ2) is 6.64. The van der Waals surface area contributed by atoms with E-state index in [2.05, 4.69) is 0 Å². The zero-order valence-corrected chi connectivity index (χ0v) is 14.9.